The lowest BCUT2D eigenvalue weighted by Crippen LogP contribution is -2.11. The molecular formula is C11H10F6OS. The molecule has 0 amide bonds. The lowest BCUT2D eigenvalue weighted by Gasteiger charge is -2.14. The predicted octanol–water partition coefficient (Wildman–Crippen LogP) is 4.74. The molecule has 1 unspecified atom stereocenters. The first-order valence-corrected chi connectivity index (χ1v) is 6.58. The van der Waals surface area contributed by atoms with Crippen LogP contribution in [0.5, 0.6) is 5.75 Å². The van der Waals surface area contributed by atoms with E-state index in [9.17, 15) is 26.3 Å². The number of hydrogen-bond acceptors (Lipinski definition) is 1. The van der Waals surface area contributed by atoms with Gasteiger partial charge >= 0.3 is 12.4 Å². The van der Waals surface area contributed by atoms with Crippen LogP contribution in [-0.2, 0) is 12.4 Å². The van der Waals surface area contributed by atoms with Gasteiger partial charge in [-0.2, -0.15) is 26.3 Å². The van der Waals surface area contributed by atoms with E-state index in [0.29, 0.717) is 12.1 Å². The average Bonchev–Trinajstić information content (AvgIpc) is 2.26. The fourth-order valence-corrected chi connectivity index (χ4v) is 1.67. The van der Waals surface area contributed by atoms with Crippen LogP contribution in [0.2, 0.25) is 0 Å². The summed E-state index contributed by atoms with van der Waals surface area (Å²) in [4.78, 5) is 0. The lowest BCUT2D eigenvalue weighted by atomic mass is 10.1. The monoisotopic (exact) mass is 304 g/mol. The molecule has 1 aromatic carbocycles. The zero-order chi connectivity index (χ0) is 14.8. The van der Waals surface area contributed by atoms with Gasteiger partial charge in [0.2, 0.25) is 0 Å². The summed E-state index contributed by atoms with van der Waals surface area (Å²) in [5.41, 5.74) is -2.77. The van der Waals surface area contributed by atoms with E-state index in [4.69, 9.17) is 4.18 Å². The fraction of sp³-hybridized carbons (Fsp3) is 0.364. The molecule has 0 aliphatic heterocycles. The normalized spacial score (nSPS) is 14.5. The molecule has 1 aromatic rings. The molecule has 19 heavy (non-hydrogen) atoms. The molecule has 0 saturated heterocycles. The smallest absolute Gasteiger partial charge is 0.416 e. The highest BCUT2D eigenvalue weighted by Gasteiger charge is 2.37. The van der Waals surface area contributed by atoms with Crippen molar-refractivity contribution in [1.82, 2.24) is 0 Å². The third-order valence-electron chi connectivity index (χ3n) is 2.12. The van der Waals surface area contributed by atoms with Crippen LogP contribution in [0, 0.1) is 0 Å². The van der Waals surface area contributed by atoms with Crippen LogP contribution in [0.25, 0.3) is 0 Å². The molecule has 0 spiro atoms. The number of alkyl halides is 6. The number of halogens is 6. The highest BCUT2D eigenvalue weighted by atomic mass is 32.2. The quantitative estimate of drug-likeness (QED) is 0.566. The second kappa shape index (κ2) is 5.44. The molecule has 0 bridgehead atoms. The Kier molecular flexibility index (Phi) is 4.54. The Balaban J connectivity index is 3.33. The van der Waals surface area contributed by atoms with E-state index in [1.54, 1.807) is 6.92 Å². The van der Waals surface area contributed by atoms with Gasteiger partial charge in [-0.3, -0.25) is 0 Å². The summed E-state index contributed by atoms with van der Waals surface area (Å²) in [6, 6.07) is 1.18. The van der Waals surface area contributed by atoms with Gasteiger partial charge in [-0.25, -0.2) is 0 Å². The minimum atomic E-state index is -4.86. The van der Waals surface area contributed by atoms with Crippen molar-refractivity contribution in [2.24, 2.45) is 0 Å². The van der Waals surface area contributed by atoms with Gasteiger partial charge in [0.1, 0.15) is 5.75 Å². The Labute approximate surface area is 108 Å². The Morgan fingerprint density at radius 2 is 1.37 bits per heavy atom. The Morgan fingerprint density at radius 3 is 1.68 bits per heavy atom. The lowest BCUT2D eigenvalue weighted by molar-refractivity contribution is -0.143. The van der Waals surface area contributed by atoms with E-state index in [1.165, 1.54) is 11.6 Å². The second-order valence-corrected chi connectivity index (χ2v) is 5.19. The summed E-state index contributed by atoms with van der Waals surface area (Å²) >= 11 is 0. The van der Waals surface area contributed by atoms with Gasteiger partial charge < -0.3 is 4.18 Å². The molecule has 108 valence electrons. The molecular weight excluding hydrogens is 294 g/mol. The van der Waals surface area contributed by atoms with Gasteiger partial charge in [-0.1, -0.05) is 0 Å². The summed E-state index contributed by atoms with van der Waals surface area (Å²) in [7, 11) is -0.858. The highest BCUT2D eigenvalue weighted by Crippen LogP contribution is 2.38. The zero-order valence-electron chi connectivity index (χ0n) is 9.89. The first-order valence-electron chi connectivity index (χ1n) is 4.96. The van der Waals surface area contributed by atoms with Crippen LogP contribution in [0.4, 0.5) is 26.3 Å². The van der Waals surface area contributed by atoms with Gasteiger partial charge in [0, 0.05) is 6.26 Å². The maximum absolute atomic E-state index is 12.5. The van der Waals surface area contributed by atoms with Crippen LogP contribution in [-0.4, -0.2) is 11.6 Å². The first-order chi connectivity index (χ1) is 8.54. The first kappa shape index (κ1) is 15.9. The second-order valence-electron chi connectivity index (χ2n) is 3.56. The van der Waals surface area contributed by atoms with Gasteiger partial charge in [-0.05, 0) is 41.3 Å². The molecule has 0 saturated carbocycles. The van der Waals surface area contributed by atoms with Crippen molar-refractivity contribution < 1.29 is 30.5 Å². The molecule has 0 aromatic heterocycles. The van der Waals surface area contributed by atoms with Gasteiger partial charge in [0.25, 0.3) is 0 Å². The van der Waals surface area contributed by atoms with Crippen molar-refractivity contribution in [3.05, 3.63) is 29.3 Å². The number of rotatable bonds is 2. The van der Waals surface area contributed by atoms with E-state index in [1.807, 2.05) is 0 Å². The van der Waals surface area contributed by atoms with E-state index < -0.39 is 40.0 Å². The maximum Gasteiger partial charge on any atom is 0.416 e. The largest absolute Gasteiger partial charge is 0.435 e. The third kappa shape index (κ3) is 4.45. The van der Waals surface area contributed by atoms with E-state index in [0.717, 1.165) is 0 Å². The summed E-state index contributed by atoms with van der Waals surface area (Å²) < 4.78 is 80.2. The molecule has 0 N–H and O–H groups in total. The molecule has 1 atom stereocenters. The maximum atomic E-state index is 12.5. The molecule has 1 nitrogen and oxygen atoms in total. The average molecular weight is 304 g/mol. The SMILES string of the molecule is C/C=S(/C)Oc1cc(C(F)(F)F)cc(C(F)(F)F)c1. The fourth-order valence-electron chi connectivity index (χ4n) is 1.17. The van der Waals surface area contributed by atoms with Gasteiger partial charge in [-0.15, -0.1) is 0 Å². The van der Waals surface area contributed by atoms with E-state index in [-0.39, 0.29) is 6.07 Å². The number of benzene rings is 1. The van der Waals surface area contributed by atoms with E-state index in [2.05, 4.69) is 0 Å². The Bertz CT molecular complexity index is 457. The van der Waals surface area contributed by atoms with E-state index >= 15 is 0 Å². The minimum absolute atomic E-state index is 0.0658. The van der Waals surface area contributed by atoms with Crippen LogP contribution in [0.15, 0.2) is 18.2 Å². The molecule has 0 aliphatic rings. The van der Waals surface area contributed by atoms with Crippen LogP contribution in [0.3, 0.4) is 0 Å². The van der Waals surface area contributed by atoms with Crippen molar-refractivity contribution in [2.45, 2.75) is 19.3 Å². The van der Waals surface area contributed by atoms with Crippen molar-refractivity contribution in [2.75, 3.05) is 6.26 Å². The summed E-state index contributed by atoms with van der Waals surface area (Å²) in [5.74, 6) is -0.453. The molecule has 1 rings (SSSR count). The molecule has 0 radical (unpaired) electrons. The van der Waals surface area contributed by atoms with Crippen LogP contribution < -0.4 is 4.18 Å². The van der Waals surface area contributed by atoms with Crippen molar-refractivity contribution in [1.29, 1.82) is 0 Å². The zero-order valence-corrected chi connectivity index (χ0v) is 10.7. The van der Waals surface area contributed by atoms with Gasteiger partial charge in [0.05, 0.1) is 11.1 Å². The third-order valence-corrected chi connectivity index (χ3v) is 3.24. The standard InChI is InChI=1S/C11H10F6OS/c1-3-19(2)18-9-5-7(10(12,13)14)4-8(6-9)11(15,16)17/h3-6H,1-2H3. The van der Waals surface area contributed by atoms with Gasteiger partial charge in [0.15, 0.2) is 0 Å². The van der Waals surface area contributed by atoms with Crippen molar-refractivity contribution in [3.8, 4) is 5.75 Å². The minimum Gasteiger partial charge on any atom is -0.435 e. The number of hydrogen-bond donors (Lipinski definition) is 0. The predicted molar refractivity (Wildman–Crippen MR) is 62.3 cm³/mol. The molecule has 0 aliphatic carbocycles. The summed E-state index contributed by atoms with van der Waals surface area (Å²) in [6.45, 7) is 1.60. The van der Waals surface area contributed by atoms with Crippen molar-refractivity contribution >= 4 is 16.1 Å². The molecule has 8 heteroatoms. The van der Waals surface area contributed by atoms with Crippen LogP contribution >= 0.6 is 10.8 Å². The Morgan fingerprint density at radius 1 is 0.947 bits per heavy atom. The molecule has 0 heterocycles. The highest BCUT2D eigenvalue weighted by molar-refractivity contribution is 8.10. The van der Waals surface area contributed by atoms with Crippen molar-refractivity contribution in [3.63, 3.8) is 0 Å². The Hall–Kier alpha value is -1.18. The summed E-state index contributed by atoms with van der Waals surface area (Å²) in [5, 5.41) is 1.54. The van der Waals surface area contributed by atoms with Crippen LogP contribution in [0.1, 0.15) is 18.1 Å². The summed E-state index contributed by atoms with van der Waals surface area (Å²) in [6.07, 6.45) is -8.18. The molecule has 0 fully saturated rings. The topological polar surface area (TPSA) is 9.23 Å².